The fourth-order valence-electron chi connectivity index (χ4n) is 2.11. The van der Waals surface area contributed by atoms with Crippen molar-refractivity contribution in [3.8, 4) is 11.5 Å². The number of hydrogen-bond donors (Lipinski definition) is 1. The molecule has 2 nitrogen and oxygen atoms in total. The van der Waals surface area contributed by atoms with E-state index in [1.165, 1.54) is 19.3 Å². The third-order valence-electron chi connectivity index (χ3n) is 3.49. The van der Waals surface area contributed by atoms with E-state index in [0.29, 0.717) is 11.7 Å². The molecule has 0 aliphatic heterocycles. The lowest BCUT2D eigenvalue weighted by molar-refractivity contribution is 0.233. The minimum Gasteiger partial charge on any atom is -0.507 e. The molecule has 0 spiro atoms. The van der Waals surface area contributed by atoms with Crippen molar-refractivity contribution in [2.24, 2.45) is 5.92 Å². The van der Waals surface area contributed by atoms with Crippen molar-refractivity contribution in [2.75, 3.05) is 6.61 Å². The minimum atomic E-state index is 0.375. The fourth-order valence-corrected chi connectivity index (χ4v) is 2.11. The molecule has 0 saturated carbocycles. The van der Waals surface area contributed by atoms with Crippen LogP contribution < -0.4 is 4.74 Å². The van der Waals surface area contributed by atoms with Gasteiger partial charge in [-0.15, -0.1) is 0 Å². The maximum atomic E-state index is 9.71. The predicted octanol–water partition coefficient (Wildman–Crippen LogP) is 4.60. The van der Waals surface area contributed by atoms with Gasteiger partial charge in [0.05, 0.1) is 6.61 Å². The number of rotatable bonds is 7. The average molecular weight is 250 g/mol. The summed E-state index contributed by atoms with van der Waals surface area (Å²) >= 11 is 0. The van der Waals surface area contributed by atoms with Crippen LogP contribution in [0.4, 0.5) is 0 Å². The first-order valence-electron chi connectivity index (χ1n) is 7.01. The molecular formula is C16H26O2. The molecule has 0 fully saturated rings. The summed E-state index contributed by atoms with van der Waals surface area (Å²) in [5.41, 5.74) is 1.76. The van der Waals surface area contributed by atoms with E-state index in [9.17, 15) is 5.11 Å². The molecule has 1 aromatic carbocycles. The second kappa shape index (κ2) is 7.30. The van der Waals surface area contributed by atoms with E-state index in [2.05, 4.69) is 13.8 Å². The number of ether oxygens (including phenoxy) is 1. The van der Waals surface area contributed by atoms with E-state index < -0.39 is 0 Å². The Labute approximate surface area is 111 Å². The van der Waals surface area contributed by atoms with E-state index in [-0.39, 0.29) is 0 Å². The van der Waals surface area contributed by atoms with Crippen LogP contribution in [0, 0.1) is 19.8 Å². The van der Waals surface area contributed by atoms with Gasteiger partial charge in [-0.3, -0.25) is 0 Å². The molecule has 0 aromatic heterocycles. The summed E-state index contributed by atoms with van der Waals surface area (Å²) in [7, 11) is 0. The first-order valence-corrected chi connectivity index (χ1v) is 7.01. The van der Waals surface area contributed by atoms with Crippen LogP contribution in [0.5, 0.6) is 11.5 Å². The van der Waals surface area contributed by atoms with Crippen LogP contribution in [0.2, 0.25) is 0 Å². The van der Waals surface area contributed by atoms with E-state index in [4.69, 9.17) is 4.74 Å². The van der Waals surface area contributed by atoms with Gasteiger partial charge < -0.3 is 9.84 Å². The third kappa shape index (κ3) is 4.25. The summed E-state index contributed by atoms with van der Waals surface area (Å²) in [4.78, 5) is 0. The first-order chi connectivity index (χ1) is 8.58. The zero-order valence-corrected chi connectivity index (χ0v) is 12.1. The Balaban J connectivity index is 2.57. The standard InChI is InChI=1S/C16H26O2/c1-5-7-8-14(6-2)11-18-15-9-12(3)16(17)13(4)10-15/h9-10,14,17H,5-8,11H2,1-4H3. The van der Waals surface area contributed by atoms with Crippen molar-refractivity contribution in [3.63, 3.8) is 0 Å². The highest BCUT2D eigenvalue weighted by Gasteiger charge is 2.09. The lowest BCUT2D eigenvalue weighted by atomic mass is 10.0. The molecule has 18 heavy (non-hydrogen) atoms. The Morgan fingerprint density at radius 2 is 1.78 bits per heavy atom. The third-order valence-corrected chi connectivity index (χ3v) is 3.49. The van der Waals surface area contributed by atoms with Crippen LogP contribution in [0.3, 0.4) is 0 Å². The van der Waals surface area contributed by atoms with Gasteiger partial charge in [-0.1, -0.05) is 33.1 Å². The zero-order chi connectivity index (χ0) is 13.5. The fraction of sp³-hybridized carbons (Fsp3) is 0.625. The molecule has 2 heteroatoms. The molecule has 0 radical (unpaired) electrons. The van der Waals surface area contributed by atoms with Crippen molar-refractivity contribution in [3.05, 3.63) is 23.3 Å². The van der Waals surface area contributed by atoms with Crippen LogP contribution >= 0.6 is 0 Å². The Morgan fingerprint density at radius 3 is 2.28 bits per heavy atom. The summed E-state index contributed by atoms with van der Waals surface area (Å²) in [6, 6.07) is 3.82. The number of aryl methyl sites for hydroxylation is 2. The molecular weight excluding hydrogens is 224 g/mol. The van der Waals surface area contributed by atoms with Gasteiger partial charge in [0.2, 0.25) is 0 Å². The van der Waals surface area contributed by atoms with Gasteiger partial charge in [-0.25, -0.2) is 0 Å². The highest BCUT2D eigenvalue weighted by atomic mass is 16.5. The van der Waals surface area contributed by atoms with Crippen LogP contribution in [0.1, 0.15) is 50.7 Å². The van der Waals surface area contributed by atoms with Gasteiger partial charge in [-0.2, -0.15) is 0 Å². The lowest BCUT2D eigenvalue weighted by Crippen LogP contribution is -2.11. The molecule has 1 aromatic rings. The number of aromatic hydroxyl groups is 1. The normalized spacial score (nSPS) is 12.4. The topological polar surface area (TPSA) is 29.5 Å². The van der Waals surface area contributed by atoms with Crippen molar-refractivity contribution in [1.82, 2.24) is 0 Å². The van der Waals surface area contributed by atoms with Gasteiger partial charge in [0.15, 0.2) is 0 Å². The number of hydrogen-bond acceptors (Lipinski definition) is 2. The molecule has 102 valence electrons. The smallest absolute Gasteiger partial charge is 0.121 e. The Kier molecular flexibility index (Phi) is 6.03. The number of phenolic OH excluding ortho intramolecular Hbond substituents is 1. The van der Waals surface area contributed by atoms with Gasteiger partial charge in [-0.05, 0) is 49.4 Å². The average Bonchev–Trinajstić information content (AvgIpc) is 2.36. The summed E-state index contributed by atoms with van der Waals surface area (Å²) in [5.74, 6) is 1.89. The van der Waals surface area contributed by atoms with Crippen molar-refractivity contribution in [1.29, 1.82) is 0 Å². The van der Waals surface area contributed by atoms with Gasteiger partial charge in [0.1, 0.15) is 11.5 Å². The summed E-state index contributed by atoms with van der Waals surface area (Å²) in [6.07, 6.45) is 4.92. The summed E-state index contributed by atoms with van der Waals surface area (Å²) in [6.45, 7) is 9.03. The zero-order valence-electron chi connectivity index (χ0n) is 12.1. The van der Waals surface area contributed by atoms with Gasteiger partial charge in [0.25, 0.3) is 0 Å². The highest BCUT2D eigenvalue weighted by molar-refractivity contribution is 5.44. The molecule has 1 atom stereocenters. The van der Waals surface area contributed by atoms with Crippen molar-refractivity contribution >= 4 is 0 Å². The molecule has 1 N–H and O–H groups in total. The SMILES string of the molecule is CCCCC(CC)COc1cc(C)c(O)c(C)c1. The Morgan fingerprint density at radius 1 is 1.17 bits per heavy atom. The van der Waals surface area contributed by atoms with E-state index in [1.807, 2.05) is 26.0 Å². The van der Waals surface area contributed by atoms with Crippen molar-refractivity contribution < 1.29 is 9.84 Å². The molecule has 1 rings (SSSR count). The van der Waals surface area contributed by atoms with Crippen LogP contribution in [0.15, 0.2) is 12.1 Å². The van der Waals surface area contributed by atoms with E-state index in [1.54, 1.807) is 0 Å². The second-order valence-corrected chi connectivity index (χ2v) is 5.13. The highest BCUT2D eigenvalue weighted by Crippen LogP contribution is 2.27. The Bertz CT molecular complexity index is 348. The summed E-state index contributed by atoms with van der Waals surface area (Å²) < 4.78 is 5.86. The second-order valence-electron chi connectivity index (χ2n) is 5.13. The molecule has 0 bridgehead atoms. The largest absolute Gasteiger partial charge is 0.507 e. The Hall–Kier alpha value is -1.18. The molecule has 0 aliphatic rings. The van der Waals surface area contributed by atoms with E-state index >= 15 is 0 Å². The number of benzene rings is 1. The minimum absolute atomic E-state index is 0.375. The molecule has 1 unspecified atom stereocenters. The van der Waals surface area contributed by atoms with Gasteiger partial charge >= 0.3 is 0 Å². The van der Waals surface area contributed by atoms with E-state index in [0.717, 1.165) is 29.9 Å². The molecule has 0 amide bonds. The van der Waals surface area contributed by atoms with Gasteiger partial charge in [0, 0.05) is 0 Å². The number of phenols is 1. The molecule has 0 saturated heterocycles. The van der Waals surface area contributed by atoms with Crippen molar-refractivity contribution in [2.45, 2.75) is 53.4 Å². The maximum absolute atomic E-state index is 9.71. The van der Waals surface area contributed by atoms with Crippen LogP contribution in [0.25, 0.3) is 0 Å². The lowest BCUT2D eigenvalue weighted by Gasteiger charge is -2.16. The van der Waals surface area contributed by atoms with Crippen LogP contribution in [-0.4, -0.2) is 11.7 Å². The quantitative estimate of drug-likeness (QED) is 0.766. The monoisotopic (exact) mass is 250 g/mol. The maximum Gasteiger partial charge on any atom is 0.121 e. The number of unbranched alkanes of at least 4 members (excludes halogenated alkanes) is 1. The molecule has 0 aliphatic carbocycles. The van der Waals surface area contributed by atoms with Crippen LogP contribution in [-0.2, 0) is 0 Å². The summed E-state index contributed by atoms with van der Waals surface area (Å²) in [5, 5.41) is 9.71. The first kappa shape index (κ1) is 14.9. The molecule has 0 heterocycles. The predicted molar refractivity (Wildman–Crippen MR) is 76.4 cm³/mol.